The zero-order chi connectivity index (χ0) is 15.3. The van der Waals surface area contributed by atoms with Gasteiger partial charge in [0.05, 0.1) is 4.90 Å². The van der Waals surface area contributed by atoms with Crippen LogP contribution in [0, 0.1) is 5.92 Å². The molecule has 1 aliphatic rings. The van der Waals surface area contributed by atoms with Crippen LogP contribution in [0.2, 0.25) is 0 Å². The van der Waals surface area contributed by atoms with Gasteiger partial charge in [0.2, 0.25) is 0 Å². The molecule has 3 nitrogen and oxygen atoms in total. The van der Waals surface area contributed by atoms with Crippen LogP contribution in [0.1, 0.15) is 32.6 Å². The van der Waals surface area contributed by atoms with Crippen LogP contribution in [0.25, 0.3) is 0 Å². The molecule has 0 heterocycles. The SMILES string of the molecule is CC1CCC(NCCSc2ccc(S(C)(=O)=O)cc2)CC1. The lowest BCUT2D eigenvalue weighted by atomic mass is 9.87. The van der Waals surface area contributed by atoms with E-state index in [4.69, 9.17) is 0 Å². The summed E-state index contributed by atoms with van der Waals surface area (Å²) in [6.07, 6.45) is 6.53. The van der Waals surface area contributed by atoms with Gasteiger partial charge < -0.3 is 5.32 Å². The summed E-state index contributed by atoms with van der Waals surface area (Å²) in [5.41, 5.74) is 0. The molecule has 1 aromatic rings. The fraction of sp³-hybridized carbons (Fsp3) is 0.625. The number of rotatable bonds is 6. The Morgan fingerprint density at radius 1 is 1.14 bits per heavy atom. The largest absolute Gasteiger partial charge is 0.313 e. The summed E-state index contributed by atoms with van der Waals surface area (Å²) in [5.74, 6) is 1.91. The molecule has 0 aliphatic heterocycles. The van der Waals surface area contributed by atoms with Gasteiger partial charge in [0, 0.05) is 29.5 Å². The molecule has 0 saturated heterocycles. The minimum absolute atomic E-state index is 0.390. The van der Waals surface area contributed by atoms with E-state index in [1.807, 2.05) is 12.1 Å². The van der Waals surface area contributed by atoms with Crippen LogP contribution in [-0.2, 0) is 9.84 Å². The van der Waals surface area contributed by atoms with Gasteiger partial charge >= 0.3 is 0 Å². The smallest absolute Gasteiger partial charge is 0.175 e. The third-order valence-corrected chi connectivity index (χ3v) is 6.21. The van der Waals surface area contributed by atoms with E-state index in [1.54, 1.807) is 23.9 Å². The Bertz CT molecular complexity index is 532. The Hall–Kier alpha value is -0.520. The van der Waals surface area contributed by atoms with E-state index >= 15 is 0 Å². The van der Waals surface area contributed by atoms with Crippen LogP contribution in [-0.4, -0.2) is 33.0 Å². The Morgan fingerprint density at radius 2 is 1.76 bits per heavy atom. The van der Waals surface area contributed by atoms with E-state index in [0.29, 0.717) is 10.9 Å². The van der Waals surface area contributed by atoms with Gasteiger partial charge in [-0.1, -0.05) is 6.92 Å². The van der Waals surface area contributed by atoms with Crippen LogP contribution < -0.4 is 5.32 Å². The van der Waals surface area contributed by atoms with Gasteiger partial charge in [-0.25, -0.2) is 8.42 Å². The number of hydrogen-bond donors (Lipinski definition) is 1. The second kappa shape index (κ2) is 7.65. The molecule has 1 fully saturated rings. The Morgan fingerprint density at radius 3 is 2.33 bits per heavy atom. The Kier molecular flexibility index (Phi) is 6.14. The van der Waals surface area contributed by atoms with Crippen molar-refractivity contribution in [3.05, 3.63) is 24.3 Å². The molecule has 1 N–H and O–H groups in total. The first-order chi connectivity index (χ1) is 9.95. The van der Waals surface area contributed by atoms with Crippen LogP contribution in [0.5, 0.6) is 0 Å². The van der Waals surface area contributed by atoms with Crippen molar-refractivity contribution in [2.75, 3.05) is 18.6 Å². The van der Waals surface area contributed by atoms with Gasteiger partial charge in [-0.2, -0.15) is 0 Å². The molecule has 21 heavy (non-hydrogen) atoms. The third kappa shape index (κ3) is 5.64. The molecule has 0 aromatic heterocycles. The highest BCUT2D eigenvalue weighted by Gasteiger charge is 2.17. The summed E-state index contributed by atoms with van der Waals surface area (Å²) in [6, 6.07) is 7.85. The first-order valence-electron chi connectivity index (χ1n) is 7.61. The molecule has 0 radical (unpaired) electrons. The van der Waals surface area contributed by atoms with Crippen molar-refractivity contribution in [1.82, 2.24) is 5.32 Å². The molecule has 0 spiro atoms. The maximum atomic E-state index is 11.4. The number of hydrogen-bond acceptors (Lipinski definition) is 4. The number of sulfone groups is 1. The van der Waals surface area contributed by atoms with Crippen molar-refractivity contribution < 1.29 is 8.42 Å². The highest BCUT2D eigenvalue weighted by Crippen LogP contribution is 2.24. The van der Waals surface area contributed by atoms with Gasteiger partial charge in [-0.15, -0.1) is 11.8 Å². The molecule has 5 heteroatoms. The van der Waals surface area contributed by atoms with Gasteiger partial charge in [-0.3, -0.25) is 0 Å². The van der Waals surface area contributed by atoms with E-state index in [0.717, 1.165) is 23.1 Å². The predicted octanol–water partition coefficient (Wildman–Crippen LogP) is 3.35. The summed E-state index contributed by atoms with van der Waals surface area (Å²) in [4.78, 5) is 1.52. The van der Waals surface area contributed by atoms with Gasteiger partial charge in [0.25, 0.3) is 0 Å². The second-order valence-corrected chi connectivity index (χ2v) is 9.19. The van der Waals surface area contributed by atoms with Gasteiger partial charge in [0.15, 0.2) is 9.84 Å². The van der Waals surface area contributed by atoms with Gasteiger partial charge in [-0.05, 0) is 55.9 Å². The van der Waals surface area contributed by atoms with Crippen LogP contribution in [0.15, 0.2) is 34.1 Å². The summed E-state index contributed by atoms with van der Waals surface area (Å²) >= 11 is 1.77. The number of benzene rings is 1. The average molecular weight is 328 g/mol. The van der Waals surface area contributed by atoms with Crippen molar-refractivity contribution in [3.63, 3.8) is 0 Å². The molecule has 1 aromatic carbocycles. The molecular weight excluding hydrogens is 302 g/mol. The summed E-state index contributed by atoms with van der Waals surface area (Å²) in [5, 5.41) is 3.63. The van der Waals surface area contributed by atoms with Crippen molar-refractivity contribution in [2.45, 2.75) is 48.4 Å². The molecule has 0 atom stereocenters. The minimum Gasteiger partial charge on any atom is -0.313 e. The fourth-order valence-corrected chi connectivity index (χ4v) is 4.09. The molecule has 0 unspecified atom stereocenters. The lowest BCUT2D eigenvalue weighted by Crippen LogP contribution is -2.34. The Balaban J connectivity index is 1.69. The molecule has 2 rings (SSSR count). The third-order valence-electron chi connectivity index (χ3n) is 4.07. The van der Waals surface area contributed by atoms with Crippen molar-refractivity contribution >= 4 is 21.6 Å². The van der Waals surface area contributed by atoms with Gasteiger partial charge in [0.1, 0.15) is 0 Å². The lowest BCUT2D eigenvalue weighted by Gasteiger charge is -2.26. The normalized spacial score (nSPS) is 23.1. The minimum atomic E-state index is -3.09. The fourth-order valence-electron chi connectivity index (χ4n) is 2.68. The van der Waals surface area contributed by atoms with Crippen LogP contribution in [0.3, 0.4) is 0 Å². The molecule has 118 valence electrons. The first kappa shape index (κ1) is 16.8. The second-order valence-electron chi connectivity index (χ2n) is 6.00. The molecule has 1 saturated carbocycles. The molecule has 0 bridgehead atoms. The van der Waals surface area contributed by atoms with E-state index in [9.17, 15) is 8.42 Å². The van der Waals surface area contributed by atoms with Crippen LogP contribution >= 0.6 is 11.8 Å². The average Bonchev–Trinajstić information content (AvgIpc) is 2.45. The standard InChI is InChI=1S/C16H25NO2S2/c1-13-3-5-14(6-4-13)17-11-12-20-15-7-9-16(10-8-15)21(2,18)19/h7-10,13-14,17H,3-6,11-12H2,1-2H3. The van der Waals surface area contributed by atoms with E-state index in [-0.39, 0.29) is 0 Å². The predicted molar refractivity (Wildman–Crippen MR) is 89.7 cm³/mol. The zero-order valence-electron chi connectivity index (χ0n) is 12.8. The topological polar surface area (TPSA) is 46.2 Å². The van der Waals surface area contributed by atoms with Crippen molar-refractivity contribution in [1.29, 1.82) is 0 Å². The molecular formula is C16H25NO2S2. The van der Waals surface area contributed by atoms with Crippen molar-refractivity contribution in [2.24, 2.45) is 5.92 Å². The maximum Gasteiger partial charge on any atom is 0.175 e. The zero-order valence-corrected chi connectivity index (χ0v) is 14.5. The maximum absolute atomic E-state index is 11.4. The molecule has 0 amide bonds. The first-order valence-corrected chi connectivity index (χ1v) is 10.5. The number of nitrogens with one attached hydrogen (secondary N) is 1. The number of thioether (sulfide) groups is 1. The van der Waals surface area contributed by atoms with E-state index in [2.05, 4.69) is 12.2 Å². The lowest BCUT2D eigenvalue weighted by molar-refractivity contribution is 0.312. The molecule has 1 aliphatic carbocycles. The summed E-state index contributed by atoms with van der Waals surface area (Å²) in [6.45, 7) is 3.35. The van der Waals surface area contributed by atoms with E-state index < -0.39 is 9.84 Å². The summed E-state index contributed by atoms with van der Waals surface area (Å²) in [7, 11) is -3.09. The quantitative estimate of drug-likeness (QED) is 0.643. The van der Waals surface area contributed by atoms with E-state index in [1.165, 1.54) is 31.9 Å². The summed E-state index contributed by atoms with van der Waals surface area (Å²) < 4.78 is 22.8. The monoisotopic (exact) mass is 327 g/mol. The van der Waals surface area contributed by atoms with Crippen molar-refractivity contribution in [3.8, 4) is 0 Å². The highest BCUT2D eigenvalue weighted by molar-refractivity contribution is 7.99. The Labute approximate surface area is 132 Å². The van der Waals surface area contributed by atoms with Crippen LogP contribution in [0.4, 0.5) is 0 Å². The highest BCUT2D eigenvalue weighted by atomic mass is 32.2.